The molecule has 0 aliphatic rings. The van der Waals surface area contributed by atoms with Crippen molar-refractivity contribution in [1.82, 2.24) is 15.1 Å². The van der Waals surface area contributed by atoms with Gasteiger partial charge in [0.05, 0.1) is 5.69 Å². The molecule has 112 valence electrons. The smallest absolute Gasteiger partial charge is 0.272 e. The molecular formula is C15H18FN3O2. The van der Waals surface area contributed by atoms with E-state index in [1.165, 1.54) is 16.8 Å². The number of hydrogen-bond donors (Lipinski definition) is 2. The molecule has 1 aromatic carbocycles. The first-order valence-corrected chi connectivity index (χ1v) is 6.87. The Labute approximate surface area is 122 Å². The van der Waals surface area contributed by atoms with Crippen LogP contribution < -0.4 is 5.32 Å². The number of aliphatic hydroxyl groups is 1. The first-order chi connectivity index (χ1) is 10.1. The Bertz CT molecular complexity index is 612. The first kappa shape index (κ1) is 15.2. The summed E-state index contributed by atoms with van der Waals surface area (Å²) in [7, 11) is 0. The molecule has 0 radical (unpaired) electrons. The van der Waals surface area contributed by atoms with E-state index in [4.69, 9.17) is 5.11 Å². The number of carbonyl (C=O) groups is 1. The fraction of sp³-hybridized carbons (Fsp3) is 0.333. The lowest BCUT2D eigenvalue weighted by molar-refractivity contribution is 0.0923. The SMILES string of the molecule is CCC(CCO)NC(=O)c1ccn(-c2cccc(F)c2)n1. The van der Waals surface area contributed by atoms with E-state index in [9.17, 15) is 9.18 Å². The molecule has 21 heavy (non-hydrogen) atoms. The highest BCUT2D eigenvalue weighted by Gasteiger charge is 2.14. The molecule has 0 saturated carbocycles. The number of carbonyl (C=O) groups excluding carboxylic acids is 1. The molecule has 1 atom stereocenters. The van der Waals surface area contributed by atoms with Gasteiger partial charge in [0.25, 0.3) is 5.91 Å². The van der Waals surface area contributed by atoms with Crippen molar-refractivity contribution < 1.29 is 14.3 Å². The van der Waals surface area contributed by atoms with Crippen LogP contribution in [0.2, 0.25) is 0 Å². The highest BCUT2D eigenvalue weighted by atomic mass is 19.1. The van der Waals surface area contributed by atoms with Crippen molar-refractivity contribution in [2.45, 2.75) is 25.8 Å². The van der Waals surface area contributed by atoms with Gasteiger partial charge in [0.1, 0.15) is 5.82 Å². The molecule has 0 aliphatic carbocycles. The zero-order valence-electron chi connectivity index (χ0n) is 11.8. The Morgan fingerprint density at radius 1 is 1.48 bits per heavy atom. The Hall–Kier alpha value is -2.21. The van der Waals surface area contributed by atoms with Crippen molar-refractivity contribution in [2.24, 2.45) is 0 Å². The molecule has 1 aromatic heterocycles. The number of rotatable bonds is 6. The second kappa shape index (κ2) is 6.99. The highest BCUT2D eigenvalue weighted by molar-refractivity contribution is 5.92. The summed E-state index contributed by atoms with van der Waals surface area (Å²) in [6, 6.07) is 7.48. The summed E-state index contributed by atoms with van der Waals surface area (Å²) in [4.78, 5) is 12.1. The molecular weight excluding hydrogens is 273 g/mol. The minimum atomic E-state index is -0.358. The summed E-state index contributed by atoms with van der Waals surface area (Å²) >= 11 is 0. The van der Waals surface area contributed by atoms with E-state index in [0.29, 0.717) is 12.1 Å². The van der Waals surface area contributed by atoms with E-state index in [-0.39, 0.29) is 30.1 Å². The van der Waals surface area contributed by atoms with Crippen LogP contribution in [0.4, 0.5) is 4.39 Å². The predicted molar refractivity (Wildman–Crippen MR) is 76.8 cm³/mol. The van der Waals surface area contributed by atoms with E-state index >= 15 is 0 Å². The third-order valence-corrected chi connectivity index (χ3v) is 3.20. The van der Waals surface area contributed by atoms with E-state index in [1.54, 1.807) is 24.4 Å². The summed E-state index contributed by atoms with van der Waals surface area (Å²) in [5.74, 6) is -0.659. The number of amides is 1. The second-order valence-electron chi connectivity index (χ2n) is 4.72. The van der Waals surface area contributed by atoms with Gasteiger partial charge in [-0.3, -0.25) is 4.79 Å². The number of aromatic nitrogens is 2. The van der Waals surface area contributed by atoms with Gasteiger partial charge >= 0.3 is 0 Å². The van der Waals surface area contributed by atoms with Crippen molar-refractivity contribution in [3.8, 4) is 5.69 Å². The number of aliphatic hydroxyl groups excluding tert-OH is 1. The van der Waals surface area contributed by atoms with Gasteiger partial charge in [-0.25, -0.2) is 9.07 Å². The average Bonchev–Trinajstić information content (AvgIpc) is 2.96. The van der Waals surface area contributed by atoms with Gasteiger partial charge < -0.3 is 10.4 Å². The minimum Gasteiger partial charge on any atom is -0.396 e. The maximum atomic E-state index is 13.2. The van der Waals surface area contributed by atoms with Gasteiger partial charge in [-0.05, 0) is 37.1 Å². The molecule has 1 unspecified atom stereocenters. The lowest BCUT2D eigenvalue weighted by Crippen LogP contribution is -2.35. The van der Waals surface area contributed by atoms with Crippen molar-refractivity contribution >= 4 is 5.91 Å². The highest BCUT2D eigenvalue weighted by Crippen LogP contribution is 2.10. The average molecular weight is 291 g/mol. The van der Waals surface area contributed by atoms with Crippen LogP contribution in [0, 0.1) is 5.82 Å². The van der Waals surface area contributed by atoms with Crippen LogP contribution in [0.5, 0.6) is 0 Å². The quantitative estimate of drug-likeness (QED) is 0.854. The summed E-state index contributed by atoms with van der Waals surface area (Å²) < 4.78 is 14.6. The van der Waals surface area contributed by atoms with Crippen LogP contribution in [-0.4, -0.2) is 33.4 Å². The molecule has 5 nitrogen and oxygen atoms in total. The fourth-order valence-corrected chi connectivity index (χ4v) is 2.00. The molecule has 6 heteroatoms. The maximum absolute atomic E-state index is 13.2. The van der Waals surface area contributed by atoms with E-state index < -0.39 is 0 Å². The van der Waals surface area contributed by atoms with Crippen molar-refractivity contribution in [3.63, 3.8) is 0 Å². The van der Waals surface area contributed by atoms with Crippen LogP contribution in [0.25, 0.3) is 5.69 Å². The van der Waals surface area contributed by atoms with Gasteiger partial charge in [-0.15, -0.1) is 0 Å². The fourth-order valence-electron chi connectivity index (χ4n) is 2.00. The molecule has 1 heterocycles. The molecule has 0 saturated heterocycles. The molecule has 1 amide bonds. The maximum Gasteiger partial charge on any atom is 0.272 e. The zero-order chi connectivity index (χ0) is 15.2. The third-order valence-electron chi connectivity index (χ3n) is 3.20. The van der Waals surface area contributed by atoms with Crippen LogP contribution in [0.1, 0.15) is 30.3 Å². The first-order valence-electron chi connectivity index (χ1n) is 6.87. The Kier molecular flexibility index (Phi) is 5.05. The number of hydrogen-bond acceptors (Lipinski definition) is 3. The third kappa shape index (κ3) is 3.88. The topological polar surface area (TPSA) is 67.2 Å². The zero-order valence-corrected chi connectivity index (χ0v) is 11.8. The monoisotopic (exact) mass is 291 g/mol. The Balaban J connectivity index is 2.10. The number of benzene rings is 1. The second-order valence-corrected chi connectivity index (χ2v) is 4.72. The van der Waals surface area contributed by atoms with Gasteiger partial charge in [-0.1, -0.05) is 13.0 Å². The van der Waals surface area contributed by atoms with E-state index in [0.717, 1.165) is 6.42 Å². The van der Waals surface area contributed by atoms with Crippen LogP contribution in [0.15, 0.2) is 36.5 Å². The van der Waals surface area contributed by atoms with Gasteiger partial charge in [-0.2, -0.15) is 5.10 Å². The summed E-state index contributed by atoms with van der Waals surface area (Å²) in [5, 5.41) is 15.9. The molecule has 0 bridgehead atoms. The number of halogens is 1. The lowest BCUT2D eigenvalue weighted by Gasteiger charge is -2.14. The van der Waals surface area contributed by atoms with Crippen LogP contribution >= 0.6 is 0 Å². The molecule has 2 rings (SSSR count). The molecule has 2 aromatic rings. The van der Waals surface area contributed by atoms with Gasteiger partial charge in [0.2, 0.25) is 0 Å². The molecule has 0 spiro atoms. The van der Waals surface area contributed by atoms with Gasteiger partial charge in [0.15, 0.2) is 5.69 Å². The van der Waals surface area contributed by atoms with Gasteiger partial charge in [0, 0.05) is 18.8 Å². The van der Waals surface area contributed by atoms with Crippen molar-refractivity contribution in [2.75, 3.05) is 6.61 Å². The van der Waals surface area contributed by atoms with Crippen molar-refractivity contribution in [1.29, 1.82) is 0 Å². The summed E-state index contributed by atoms with van der Waals surface area (Å²) in [6.07, 6.45) is 2.85. The van der Waals surface area contributed by atoms with Crippen LogP contribution in [0.3, 0.4) is 0 Å². The lowest BCUT2D eigenvalue weighted by atomic mass is 10.1. The normalized spacial score (nSPS) is 12.1. The molecule has 0 fully saturated rings. The van der Waals surface area contributed by atoms with E-state index in [2.05, 4.69) is 10.4 Å². The number of nitrogens with zero attached hydrogens (tertiary/aromatic N) is 2. The standard InChI is InChI=1S/C15H18FN3O2/c1-2-12(7-9-20)17-15(21)14-6-8-19(18-14)13-5-3-4-11(16)10-13/h3-6,8,10,12,20H,2,7,9H2,1H3,(H,17,21). The summed E-state index contributed by atoms with van der Waals surface area (Å²) in [6.45, 7) is 1.96. The minimum absolute atomic E-state index is 0.0243. The van der Waals surface area contributed by atoms with E-state index in [1.807, 2.05) is 6.92 Å². The predicted octanol–water partition coefficient (Wildman–Crippen LogP) is 1.90. The number of nitrogens with one attached hydrogen (secondary N) is 1. The van der Waals surface area contributed by atoms with Crippen LogP contribution in [-0.2, 0) is 0 Å². The Morgan fingerprint density at radius 3 is 2.95 bits per heavy atom. The summed E-state index contributed by atoms with van der Waals surface area (Å²) in [5.41, 5.74) is 0.812. The molecule has 2 N–H and O–H groups in total. The molecule has 0 aliphatic heterocycles. The largest absolute Gasteiger partial charge is 0.396 e. The van der Waals surface area contributed by atoms with Crippen molar-refractivity contribution in [3.05, 3.63) is 48.0 Å². The Morgan fingerprint density at radius 2 is 2.29 bits per heavy atom.